The standard InChI is InChI=1S/C19H21N3O2/c1-13-6-8-15(24-13)12-20-19(23)14-7-9-17-16(11-14)21-18-5-3-2-4-10-22(17)18/h6-9,11H,2-5,10,12H2,1H3,(H,20,23). The highest BCUT2D eigenvalue weighted by atomic mass is 16.3. The van der Waals surface area contributed by atoms with Gasteiger partial charge < -0.3 is 14.3 Å². The quantitative estimate of drug-likeness (QED) is 0.801. The molecule has 3 heterocycles. The van der Waals surface area contributed by atoms with Gasteiger partial charge in [-0.15, -0.1) is 0 Å². The molecule has 0 aliphatic carbocycles. The van der Waals surface area contributed by atoms with Crippen LogP contribution < -0.4 is 5.32 Å². The Bertz CT molecular complexity index is 891. The van der Waals surface area contributed by atoms with Crippen molar-refractivity contribution >= 4 is 16.9 Å². The van der Waals surface area contributed by atoms with Crippen LogP contribution >= 0.6 is 0 Å². The van der Waals surface area contributed by atoms with E-state index in [0.29, 0.717) is 12.1 Å². The van der Waals surface area contributed by atoms with E-state index in [4.69, 9.17) is 9.40 Å². The Morgan fingerprint density at radius 3 is 3.00 bits per heavy atom. The van der Waals surface area contributed by atoms with Crippen molar-refractivity contribution in [2.75, 3.05) is 0 Å². The van der Waals surface area contributed by atoms with Crippen molar-refractivity contribution in [2.24, 2.45) is 0 Å². The number of aryl methyl sites for hydroxylation is 3. The Labute approximate surface area is 140 Å². The van der Waals surface area contributed by atoms with Crippen molar-refractivity contribution in [3.8, 4) is 0 Å². The van der Waals surface area contributed by atoms with Crippen LogP contribution in [0.3, 0.4) is 0 Å². The van der Waals surface area contributed by atoms with Gasteiger partial charge in [0.25, 0.3) is 5.91 Å². The summed E-state index contributed by atoms with van der Waals surface area (Å²) in [7, 11) is 0. The Morgan fingerprint density at radius 1 is 1.25 bits per heavy atom. The number of hydrogen-bond acceptors (Lipinski definition) is 3. The summed E-state index contributed by atoms with van der Waals surface area (Å²) in [4.78, 5) is 17.1. The topological polar surface area (TPSA) is 60.1 Å². The highest BCUT2D eigenvalue weighted by molar-refractivity contribution is 5.97. The van der Waals surface area contributed by atoms with Crippen LogP contribution in [-0.4, -0.2) is 15.5 Å². The van der Waals surface area contributed by atoms with Gasteiger partial charge in [-0.05, 0) is 50.1 Å². The van der Waals surface area contributed by atoms with Crippen molar-refractivity contribution in [3.63, 3.8) is 0 Å². The first-order valence-corrected chi connectivity index (χ1v) is 8.53. The van der Waals surface area contributed by atoms with Crippen molar-refractivity contribution in [2.45, 2.75) is 45.7 Å². The van der Waals surface area contributed by atoms with Gasteiger partial charge in [0.05, 0.1) is 17.6 Å². The fourth-order valence-electron chi connectivity index (χ4n) is 3.34. The third-order valence-corrected chi connectivity index (χ3v) is 4.59. The van der Waals surface area contributed by atoms with Gasteiger partial charge in [0, 0.05) is 18.5 Å². The zero-order chi connectivity index (χ0) is 16.5. The minimum Gasteiger partial charge on any atom is -0.465 e. The van der Waals surface area contributed by atoms with E-state index in [0.717, 1.165) is 41.3 Å². The highest BCUT2D eigenvalue weighted by Gasteiger charge is 2.15. The van der Waals surface area contributed by atoms with E-state index in [1.165, 1.54) is 19.3 Å². The van der Waals surface area contributed by atoms with Crippen LogP contribution in [0.25, 0.3) is 11.0 Å². The number of aromatic nitrogens is 2. The van der Waals surface area contributed by atoms with Crippen LogP contribution in [0.15, 0.2) is 34.7 Å². The molecule has 0 spiro atoms. The van der Waals surface area contributed by atoms with Gasteiger partial charge in [0.15, 0.2) is 0 Å². The Morgan fingerprint density at radius 2 is 2.17 bits per heavy atom. The Hall–Kier alpha value is -2.56. The average molecular weight is 323 g/mol. The van der Waals surface area contributed by atoms with Gasteiger partial charge in [-0.25, -0.2) is 4.98 Å². The van der Waals surface area contributed by atoms with E-state index in [9.17, 15) is 4.79 Å². The van der Waals surface area contributed by atoms with Gasteiger partial charge in [-0.2, -0.15) is 0 Å². The normalized spacial score (nSPS) is 14.4. The number of fused-ring (bicyclic) bond motifs is 3. The minimum absolute atomic E-state index is 0.103. The van der Waals surface area contributed by atoms with Gasteiger partial charge in [0.1, 0.15) is 17.3 Å². The predicted molar refractivity (Wildman–Crippen MR) is 91.9 cm³/mol. The maximum atomic E-state index is 12.4. The molecule has 1 aliphatic heterocycles. The summed E-state index contributed by atoms with van der Waals surface area (Å²) >= 11 is 0. The molecule has 4 rings (SSSR count). The number of benzene rings is 1. The lowest BCUT2D eigenvalue weighted by atomic mass is 10.2. The fraction of sp³-hybridized carbons (Fsp3) is 0.368. The molecule has 0 saturated carbocycles. The zero-order valence-electron chi connectivity index (χ0n) is 13.8. The van der Waals surface area contributed by atoms with Crippen molar-refractivity contribution in [1.29, 1.82) is 0 Å². The summed E-state index contributed by atoms with van der Waals surface area (Å²) in [6.45, 7) is 3.31. The number of hydrogen-bond donors (Lipinski definition) is 1. The van der Waals surface area contributed by atoms with Crippen LogP contribution in [0.1, 0.15) is 47.0 Å². The fourth-order valence-corrected chi connectivity index (χ4v) is 3.34. The van der Waals surface area contributed by atoms with Gasteiger partial charge in [-0.1, -0.05) is 6.42 Å². The van der Waals surface area contributed by atoms with Crippen molar-refractivity contribution < 1.29 is 9.21 Å². The van der Waals surface area contributed by atoms with Crippen LogP contribution in [0.5, 0.6) is 0 Å². The number of nitrogens with one attached hydrogen (secondary N) is 1. The molecule has 0 unspecified atom stereocenters. The second-order valence-electron chi connectivity index (χ2n) is 6.39. The van der Waals surface area contributed by atoms with Crippen LogP contribution in [0.4, 0.5) is 0 Å². The third kappa shape index (κ3) is 2.82. The molecule has 0 fully saturated rings. The Balaban J connectivity index is 1.55. The number of imidazole rings is 1. The summed E-state index contributed by atoms with van der Waals surface area (Å²) < 4.78 is 7.78. The van der Waals surface area contributed by atoms with E-state index < -0.39 is 0 Å². The number of carbonyl (C=O) groups is 1. The molecule has 1 aromatic carbocycles. The van der Waals surface area contributed by atoms with Crippen molar-refractivity contribution in [1.82, 2.24) is 14.9 Å². The molecule has 24 heavy (non-hydrogen) atoms. The largest absolute Gasteiger partial charge is 0.465 e. The van der Waals surface area contributed by atoms with Gasteiger partial charge in [-0.3, -0.25) is 4.79 Å². The van der Waals surface area contributed by atoms with E-state index in [1.807, 2.05) is 37.3 Å². The Kier molecular flexibility index (Phi) is 3.84. The summed E-state index contributed by atoms with van der Waals surface area (Å²) in [6, 6.07) is 9.56. The minimum atomic E-state index is -0.103. The number of nitrogens with zero attached hydrogens (tertiary/aromatic N) is 2. The molecule has 5 nitrogen and oxygen atoms in total. The summed E-state index contributed by atoms with van der Waals surface area (Å²) in [5.41, 5.74) is 2.68. The second-order valence-corrected chi connectivity index (χ2v) is 6.39. The molecule has 2 aromatic heterocycles. The lowest BCUT2D eigenvalue weighted by Gasteiger charge is -2.05. The SMILES string of the molecule is Cc1ccc(CNC(=O)c2ccc3c(c2)nc2n3CCCCC2)o1. The molecule has 0 radical (unpaired) electrons. The van der Waals surface area contributed by atoms with Gasteiger partial charge in [0.2, 0.25) is 0 Å². The van der Waals surface area contributed by atoms with E-state index in [-0.39, 0.29) is 5.91 Å². The van der Waals surface area contributed by atoms with Gasteiger partial charge >= 0.3 is 0 Å². The van der Waals surface area contributed by atoms with E-state index in [2.05, 4.69) is 9.88 Å². The van der Waals surface area contributed by atoms with E-state index in [1.54, 1.807) is 0 Å². The maximum Gasteiger partial charge on any atom is 0.251 e. The molecule has 0 saturated heterocycles. The molecule has 0 bridgehead atoms. The smallest absolute Gasteiger partial charge is 0.251 e. The molecular weight excluding hydrogens is 302 g/mol. The second kappa shape index (κ2) is 6.15. The molecule has 5 heteroatoms. The number of rotatable bonds is 3. The van der Waals surface area contributed by atoms with Crippen LogP contribution in [-0.2, 0) is 19.5 Å². The first-order valence-electron chi connectivity index (χ1n) is 8.53. The first kappa shape index (κ1) is 15.0. The zero-order valence-corrected chi connectivity index (χ0v) is 13.8. The number of carbonyl (C=O) groups excluding carboxylic acids is 1. The predicted octanol–water partition coefficient (Wildman–Crippen LogP) is 3.59. The summed E-state index contributed by atoms with van der Waals surface area (Å²) in [5, 5.41) is 2.90. The number of amides is 1. The number of furan rings is 1. The maximum absolute atomic E-state index is 12.4. The molecule has 1 amide bonds. The van der Waals surface area contributed by atoms with Crippen LogP contribution in [0.2, 0.25) is 0 Å². The molecule has 0 atom stereocenters. The molecular formula is C19H21N3O2. The average Bonchev–Trinajstić information content (AvgIpc) is 3.07. The molecule has 3 aromatic rings. The highest BCUT2D eigenvalue weighted by Crippen LogP contribution is 2.23. The molecule has 1 aliphatic rings. The van der Waals surface area contributed by atoms with Crippen LogP contribution in [0, 0.1) is 6.92 Å². The summed E-state index contributed by atoms with van der Waals surface area (Å²) in [5.74, 6) is 2.65. The molecule has 124 valence electrons. The summed E-state index contributed by atoms with van der Waals surface area (Å²) in [6.07, 6.45) is 4.67. The lowest BCUT2D eigenvalue weighted by molar-refractivity contribution is 0.0948. The first-order chi connectivity index (χ1) is 11.7. The lowest BCUT2D eigenvalue weighted by Crippen LogP contribution is -2.22. The van der Waals surface area contributed by atoms with E-state index >= 15 is 0 Å². The molecule has 1 N–H and O–H groups in total. The third-order valence-electron chi connectivity index (χ3n) is 4.59. The monoisotopic (exact) mass is 323 g/mol. The van der Waals surface area contributed by atoms with Crippen molar-refractivity contribution in [3.05, 3.63) is 53.2 Å².